The van der Waals surface area contributed by atoms with E-state index < -0.39 is 0 Å². The van der Waals surface area contributed by atoms with Crippen LogP contribution < -0.4 is 9.47 Å². The zero-order valence-corrected chi connectivity index (χ0v) is 10.1. The fraction of sp³-hybridized carbons (Fsp3) is 0.154. The van der Waals surface area contributed by atoms with Crippen molar-refractivity contribution in [2.24, 2.45) is 0 Å². The van der Waals surface area contributed by atoms with Crippen LogP contribution in [-0.2, 0) is 6.61 Å². The highest BCUT2D eigenvalue weighted by Gasteiger charge is 2.10. The van der Waals surface area contributed by atoms with Gasteiger partial charge in [-0.15, -0.1) is 0 Å². The second-order valence-corrected chi connectivity index (χ2v) is 3.81. The highest BCUT2D eigenvalue weighted by Crippen LogP contribution is 2.32. The summed E-state index contributed by atoms with van der Waals surface area (Å²) >= 11 is 6.03. The third kappa shape index (κ3) is 2.88. The van der Waals surface area contributed by atoms with Gasteiger partial charge >= 0.3 is 0 Å². The normalized spacial score (nSPS) is 10.0. The van der Waals surface area contributed by atoms with Crippen molar-refractivity contribution in [3.63, 3.8) is 0 Å². The molecule has 0 bridgehead atoms. The van der Waals surface area contributed by atoms with Gasteiger partial charge in [0.1, 0.15) is 6.61 Å². The van der Waals surface area contributed by atoms with Crippen LogP contribution in [0.4, 0.5) is 0 Å². The number of benzene rings is 1. The molecule has 0 unspecified atom stereocenters. The third-order valence-corrected chi connectivity index (χ3v) is 2.54. The molecule has 1 aromatic carbocycles. The molecule has 1 heterocycles. The van der Waals surface area contributed by atoms with Gasteiger partial charge in [-0.2, -0.15) is 0 Å². The zero-order chi connectivity index (χ0) is 12.1. The van der Waals surface area contributed by atoms with E-state index >= 15 is 0 Å². The third-order valence-electron chi connectivity index (χ3n) is 2.24. The Kier molecular flexibility index (Phi) is 3.83. The number of hydrogen-bond acceptors (Lipinski definition) is 3. The molecule has 0 saturated carbocycles. The molecule has 0 atom stereocenters. The van der Waals surface area contributed by atoms with E-state index in [9.17, 15) is 0 Å². The Morgan fingerprint density at radius 2 is 1.94 bits per heavy atom. The van der Waals surface area contributed by atoms with Crippen LogP contribution in [-0.4, -0.2) is 12.1 Å². The van der Waals surface area contributed by atoms with Gasteiger partial charge in [-0.1, -0.05) is 41.9 Å². The number of rotatable bonds is 4. The topological polar surface area (TPSA) is 31.4 Å². The lowest BCUT2D eigenvalue weighted by Gasteiger charge is -2.10. The maximum Gasteiger partial charge on any atom is 0.258 e. The van der Waals surface area contributed by atoms with Crippen molar-refractivity contribution in [3.05, 3.63) is 53.2 Å². The molecule has 3 nitrogen and oxygen atoms in total. The number of ether oxygens (including phenoxy) is 2. The Morgan fingerprint density at radius 3 is 2.65 bits per heavy atom. The Bertz CT molecular complexity index is 488. The van der Waals surface area contributed by atoms with E-state index in [1.807, 2.05) is 30.3 Å². The molecule has 0 amide bonds. The monoisotopic (exact) mass is 249 g/mol. The first-order valence-electron chi connectivity index (χ1n) is 5.16. The molecular weight excluding hydrogens is 238 g/mol. The summed E-state index contributed by atoms with van der Waals surface area (Å²) in [6, 6.07) is 11.5. The number of halogens is 1. The molecule has 0 aliphatic heterocycles. The number of pyridine rings is 1. The SMILES string of the molecule is COc1nccc(Cl)c1OCc1ccccc1. The van der Waals surface area contributed by atoms with Gasteiger partial charge in [0, 0.05) is 6.20 Å². The van der Waals surface area contributed by atoms with Crippen LogP contribution >= 0.6 is 11.6 Å². The van der Waals surface area contributed by atoms with Gasteiger partial charge in [-0.25, -0.2) is 4.98 Å². The molecule has 0 spiro atoms. The molecule has 0 saturated heterocycles. The minimum Gasteiger partial charge on any atom is -0.482 e. The molecular formula is C13H12ClNO2. The molecule has 4 heteroatoms. The quantitative estimate of drug-likeness (QED) is 0.833. The molecule has 0 aliphatic rings. The molecule has 2 rings (SSSR count). The van der Waals surface area contributed by atoms with Crippen molar-refractivity contribution >= 4 is 11.6 Å². The highest BCUT2D eigenvalue weighted by atomic mass is 35.5. The van der Waals surface area contributed by atoms with Crippen LogP contribution in [0.15, 0.2) is 42.6 Å². The largest absolute Gasteiger partial charge is 0.482 e. The summed E-state index contributed by atoms with van der Waals surface area (Å²) in [6.45, 7) is 0.433. The molecule has 17 heavy (non-hydrogen) atoms. The van der Waals surface area contributed by atoms with Gasteiger partial charge in [0.2, 0.25) is 5.75 Å². The molecule has 0 radical (unpaired) electrons. The fourth-order valence-corrected chi connectivity index (χ4v) is 1.60. The van der Waals surface area contributed by atoms with Crippen LogP contribution in [0.1, 0.15) is 5.56 Å². The van der Waals surface area contributed by atoms with Gasteiger partial charge in [0.25, 0.3) is 5.88 Å². The van der Waals surface area contributed by atoms with E-state index in [0.29, 0.717) is 23.3 Å². The first-order valence-corrected chi connectivity index (χ1v) is 5.54. The summed E-state index contributed by atoms with van der Waals surface area (Å²) in [5.41, 5.74) is 1.06. The molecule has 0 aliphatic carbocycles. The summed E-state index contributed by atoms with van der Waals surface area (Å²) in [6.07, 6.45) is 1.58. The van der Waals surface area contributed by atoms with Crippen molar-refractivity contribution in [3.8, 4) is 11.6 Å². The lowest BCUT2D eigenvalue weighted by atomic mass is 10.2. The molecule has 88 valence electrons. The lowest BCUT2D eigenvalue weighted by molar-refractivity contribution is 0.279. The summed E-state index contributed by atoms with van der Waals surface area (Å²) in [5, 5.41) is 0.493. The number of hydrogen-bond donors (Lipinski definition) is 0. The maximum absolute atomic E-state index is 6.03. The minimum atomic E-state index is 0.397. The predicted molar refractivity (Wildman–Crippen MR) is 66.6 cm³/mol. The smallest absolute Gasteiger partial charge is 0.258 e. The Balaban J connectivity index is 2.14. The van der Waals surface area contributed by atoms with Crippen LogP contribution in [0, 0.1) is 0 Å². The number of methoxy groups -OCH3 is 1. The van der Waals surface area contributed by atoms with Gasteiger partial charge in [0.05, 0.1) is 12.1 Å². The van der Waals surface area contributed by atoms with Crippen LogP contribution in [0.25, 0.3) is 0 Å². The van der Waals surface area contributed by atoms with E-state index in [1.54, 1.807) is 12.3 Å². The predicted octanol–water partition coefficient (Wildman–Crippen LogP) is 3.32. The first kappa shape index (κ1) is 11.7. The van der Waals surface area contributed by atoms with Crippen molar-refractivity contribution in [1.82, 2.24) is 4.98 Å². The molecule has 2 aromatic rings. The molecule has 1 aromatic heterocycles. The average Bonchev–Trinajstić information content (AvgIpc) is 2.38. The van der Waals surface area contributed by atoms with Crippen molar-refractivity contribution in [1.29, 1.82) is 0 Å². The van der Waals surface area contributed by atoms with Gasteiger partial charge in [-0.3, -0.25) is 0 Å². The minimum absolute atomic E-state index is 0.397. The maximum atomic E-state index is 6.03. The summed E-state index contributed by atoms with van der Waals surface area (Å²) < 4.78 is 10.7. The summed E-state index contributed by atoms with van der Waals surface area (Å²) in [5.74, 6) is 0.869. The van der Waals surface area contributed by atoms with Crippen molar-refractivity contribution in [2.75, 3.05) is 7.11 Å². The van der Waals surface area contributed by atoms with Crippen LogP contribution in [0.2, 0.25) is 5.02 Å². The molecule has 0 N–H and O–H groups in total. The average molecular weight is 250 g/mol. The summed E-state index contributed by atoms with van der Waals surface area (Å²) in [4.78, 5) is 4.04. The number of nitrogens with zero attached hydrogens (tertiary/aromatic N) is 1. The highest BCUT2D eigenvalue weighted by molar-refractivity contribution is 6.32. The molecule has 0 fully saturated rings. The van der Waals surface area contributed by atoms with Gasteiger partial charge in [0.15, 0.2) is 0 Å². The van der Waals surface area contributed by atoms with Crippen LogP contribution in [0.5, 0.6) is 11.6 Å². The first-order chi connectivity index (χ1) is 8.31. The fourth-order valence-electron chi connectivity index (χ4n) is 1.41. The summed E-state index contributed by atoms with van der Waals surface area (Å²) in [7, 11) is 1.54. The Morgan fingerprint density at radius 1 is 1.18 bits per heavy atom. The van der Waals surface area contributed by atoms with E-state index in [0.717, 1.165) is 5.56 Å². The van der Waals surface area contributed by atoms with Gasteiger partial charge in [-0.05, 0) is 11.6 Å². The number of aromatic nitrogens is 1. The van der Waals surface area contributed by atoms with Crippen molar-refractivity contribution in [2.45, 2.75) is 6.61 Å². The lowest BCUT2D eigenvalue weighted by Crippen LogP contribution is -1.99. The van der Waals surface area contributed by atoms with E-state index in [4.69, 9.17) is 21.1 Å². The second-order valence-electron chi connectivity index (χ2n) is 3.41. The van der Waals surface area contributed by atoms with E-state index in [2.05, 4.69) is 4.98 Å². The Labute approximate surface area is 105 Å². The van der Waals surface area contributed by atoms with Gasteiger partial charge < -0.3 is 9.47 Å². The standard InChI is InChI=1S/C13H12ClNO2/c1-16-13-12(11(14)7-8-15-13)17-9-10-5-3-2-4-6-10/h2-8H,9H2,1H3. The zero-order valence-electron chi connectivity index (χ0n) is 9.39. The van der Waals surface area contributed by atoms with Crippen LogP contribution in [0.3, 0.4) is 0 Å². The Hall–Kier alpha value is -1.74. The van der Waals surface area contributed by atoms with E-state index in [-0.39, 0.29) is 0 Å². The second kappa shape index (κ2) is 5.55. The van der Waals surface area contributed by atoms with E-state index in [1.165, 1.54) is 7.11 Å². The van der Waals surface area contributed by atoms with Crippen molar-refractivity contribution < 1.29 is 9.47 Å².